The van der Waals surface area contributed by atoms with Crippen molar-refractivity contribution in [2.24, 2.45) is 0 Å². The van der Waals surface area contributed by atoms with Crippen LogP contribution in [0.5, 0.6) is 0 Å². The highest BCUT2D eigenvalue weighted by Gasteiger charge is 2.17. The molecule has 1 unspecified atom stereocenters. The van der Waals surface area contributed by atoms with Crippen LogP contribution in [-0.2, 0) is 13.1 Å². The molecule has 1 fully saturated rings. The molecule has 0 bridgehead atoms. The SMILES string of the molecule is CCNCc1ccccc1CN1CCSC(C)C1. The molecule has 1 aliphatic heterocycles. The van der Waals surface area contributed by atoms with E-state index in [1.165, 1.54) is 30.0 Å². The quantitative estimate of drug-likeness (QED) is 0.880. The van der Waals surface area contributed by atoms with Crippen molar-refractivity contribution in [1.29, 1.82) is 0 Å². The smallest absolute Gasteiger partial charge is 0.0237 e. The third-order valence-electron chi connectivity index (χ3n) is 3.40. The molecule has 0 radical (unpaired) electrons. The minimum absolute atomic E-state index is 0.777. The van der Waals surface area contributed by atoms with E-state index >= 15 is 0 Å². The zero-order valence-corrected chi connectivity index (χ0v) is 12.3. The number of nitrogens with zero attached hydrogens (tertiary/aromatic N) is 1. The summed E-state index contributed by atoms with van der Waals surface area (Å²) in [7, 11) is 0. The predicted molar refractivity (Wildman–Crippen MR) is 81.0 cm³/mol. The summed E-state index contributed by atoms with van der Waals surface area (Å²) < 4.78 is 0. The molecule has 1 saturated heterocycles. The van der Waals surface area contributed by atoms with Crippen molar-refractivity contribution >= 4 is 11.8 Å². The van der Waals surface area contributed by atoms with Gasteiger partial charge in [0.25, 0.3) is 0 Å². The van der Waals surface area contributed by atoms with Crippen molar-refractivity contribution in [3.8, 4) is 0 Å². The number of benzene rings is 1. The normalized spacial score (nSPS) is 21.1. The van der Waals surface area contributed by atoms with Gasteiger partial charge in [-0.3, -0.25) is 4.90 Å². The lowest BCUT2D eigenvalue weighted by Crippen LogP contribution is -2.36. The van der Waals surface area contributed by atoms with Crippen LogP contribution in [0.4, 0.5) is 0 Å². The van der Waals surface area contributed by atoms with Crippen LogP contribution in [0.15, 0.2) is 24.3 Å². The molecular formula is C15H24N2S. The van der Waals surface area contributed by atoms with E-state index in [9.17, 15) is 0 Å². The highest BCUT2D eigenvalue weighted by atomic mass is 32.2. The van der Waals surface area contributed by atoms with E-state index in [0.717, 1.165) is 24.9 Å². The van der Waals surface area contributed by atoms with E-state index in [-0.39, 0.29) is 0 Å². The van der Waals surface area contributed by atoms with Crippen molar-refractivity contribution in [3.63, 3.8) is 0 Å². The van der Waals surface area contributed by atoms with Crippen LogP contribution in [0.2, 0.25) is 0 Å². The Balaban J connectivity index is 1.99. The first kappa shape index (κ1) is 13.9. The van der Waals surface area contributed by atoms with Gasteiger partial charge in [0.05, 0.1) is 0 Å². The molecule has 100 valence electrons. The molecule has 1 aliphatic rings. The largest absolute Gasteiger partial charge is 0.313 e. The average Bonchev–Trinajstić information content (AvgIpc) is 2.38. The lowest BCUT2D eigenvalue weighted by molar-refractivity contribution is 0.277. The molecule has 0 spiro atoms. The van der Waals surface area contributed by atoms with Gasteiger partial charge in [-0.1, -0.05) is 38.1 Å². The lowest BCUT2D eigenvalue weighted by Gasteiger charge is -2.31. The van der Waals surface area contributed by atoms with Gasteiger partial charge >= 0.3 is 0 Å². The summed E-state index contributed by atoms with van der Waals surface area (Å²) in [5, 5.41) is 4.21. The van der Waals surface area contributed by atoms with E-state index in [1.807, 2.05) is 0 Å². The molecule has 0 aromatic heterocycles. The van der Waals surface area contributed by atoms with E-state index in [0.29, 0.717) is 0 Å². The standard InChI is InChI=1S/C15H24N2S/c1-3-16-10-14-6-4-5-7-15(14)12-17-8-9-18-13(2)11-17/h4-7,13,16H,3,8-12H2,1-2H3. The Hall–Kier alpha value is -0.510. The maximum absolute atomic E-state index is 3.43. The van der Waals surface area contributed by atoms with Crippen LogP contribution in [0.1, 0.15) is 25.0 Å². The second kappa shape index (κ2) is 7.17. The summed E-state index contributed by atoms with van der Waals surface area (Å²) in [5.74, 6) is 1.27. The summed E-state index contributed by atoms with van der Waals surface area (Å²) in [6, 6.07) is 8.83. The van der Waals surface area contributed by atoms with Crippen molar-refractivity contribution in [3.05, 3.63) is 35.4 Å². The van der Waals surface area contributed by atoms with Crippen LogP contribution in [-0.4, -0.2) is 35.5 Å². The lowest BCUT2D eigenvalue weighted by atomic mass is 10.1. The number of hydrogen-bond donors (Lipinski definition) is 1. The summed E-state index contributed by atoms with van der Waals surface area (Å²) in [5.41, 5.74) is 2.93. The number of nitrogens with one attached hydrogen (secondary N) is 1. The summed E-state index contributed by atoms with van der Waals surface area (Å²) in [6.45, 7) is 10.1. The van der Waals surface area contributed by atoms with Crippen molar-refractivity contribution in [2.75, 3.05) is 25.4 Å². The molecule has 2 rings (SSSR count). The van der Waals surface area contributed by atoms with Gasteiger partial charge in [-0.2, -0.15) is 11.8 Å². The Labute approximate surface area is 115 Å². The van der Waals surface area contributed by atoms with Gasteiger partial charge in [0, 0.05) is 37.2 Å². The van der Waals surface area contributed by atoms with E-state index in [4.69, 9.17) is 0 Å². The molecule has 1 aromatic carbocycles. The van der Waals surface area contributed by atoms with Gasteiger partial charge in [0.15, 0.2) is 0 Å². The molecular weight excluding hydrogens is 240 g/mol. The molecule has 1 N–H and O–H groups in total. The Kier molecular flexibility index (Phi) is 5.54. The van der Waals surface area contributed by atoms with Crippen molar-refractivity contribution < 1.29 is 0 Å². The molecule has 2 nitrogen and oxygen atoms in total. The Morgan fingerprint density at radius 1 is 1.33 bits per heavy atom. The molecule has 3 heteroatoms. The first-order valence-electron chi connectivity index (χ1n) is 6.91. The summed E-state index contributed by atoms with van der Waals surface area (Å²) >= 11 is 2.10. The fraction of sp³-hybridized carbons (Fsp3) is 0.600. The van der Waals surface area contributed by atoms with E-state index in [2.05, 4.69) is 60.1 Å². The molecule has 0 saturated carbocycles. The highest BCUT2D eigenvalue weighted by Crippen LogP contribution is 2.20. The third kappa shape index (κ3) is 4.01. The van der Waals surface area contributed by atoms with Gasteiger partial charge in [-0.15, -0.1) is 0 Å². The van der Waals surface area contributed by atoms with Gasteiger partial charge in [0.2, 0.25) is 0 Å². The van der Waals surface area contributed by atoms with Crippen LogP contribution in [0.25, 0.3) is 0 Å². The fourth-order valence-electron chi connectivity index (χ4n) is 2.42. The van der Waals surface area contributed by atoms with Crippen LogP contribution in [0.3, 0.4) is 0 Å². The molecule has 1 aromatic rings. The maximum atomic E-state index is 3.43. The first-order chi connectivity index (χ1) is 8.79. The van der Waals surface area contributed by atoms with Crippen LogP contribution >= 0.6 is 11.8 Å². The minimum Gasteiger partial charge on any atom is -0.313 e. The molecule has 0 aliphatic carbocycles. The fourth-order valence-corrected chi connectivity index (χ4v) is 3.50. The molecule has 0 amide bonds. The number of hydrogen-bond acceptors (Lipinski definition) is 3. The second-order valence-electron chi connectivity index (χ2n) is 4.97. The van der Waals surface area contributed by atoms with Gasteiger partial charge < -0.3 is 5.32 Å². The molecule has 18 heavy (non-hydrogen) atoms. The van der Waals surface area contributed by atoms with E-state index in [1.54, 1.807) is 0 Å². The summed E-state index contributed by atoms with van der Waals surface area (Å²) in [4.78, 5) is 2.59. The third-order valence-corrected chi connectivity index (χ3v) is 4.54. The topological polar surface area (TPSA) is 15.3 Å². The van der Waals surface area contributed by atoms with Gasteiger partial charge in [-0.25, -0.2) is 0 Å². The summed E-state index contributed by atoms with van der Waals surface area (Å²) in [6.07, 6.45) is 0. The van der Waals surface area contributed by atoms with Crippen molar-refractivity contribution in [2.45, 2.75) is 32.2 Å². The van der Waals surface area contributed by atoms with Crippen LogP contribution < -0.4 is 5.32 Å². The van der Waals surface area contributed by atoms with Gasteiger partial charge in [0.1, 0.15) is 0 Å². The maximum Gasteiger partial charge on any atom is 0.0237 e. The first-order valence-corrected chi connectivity index (χ1v) is 7.96. The Morgan fingerprint density at radius 2 is 2.11 bits per heavy atom. The van der Waals surface area contributed by atoms with Crippen LogP contribution in [0, 0.1) is 0 Å². The molecule has 1 atom stereocenters. The zero-order chi connectivity index (χ0) is 12.8. The van der Waals surface area contributed by atoms with Crippen molar-refractivity contribution in [1.82, 2.24) is 10.2 Å². The average molecular weight is 264 g/mol. The zero-order valence-electron chi connectivity index (χ0n) is 11.5. The Bertz CT molecular complexity index is 367. The van der Waals surface area contributed by atoms with E-state index < -0.39 is 0 Å². The predicted octanol–water partition coefficient (Wildman–Crippen LogP) is 2.73. The second-order valence-corrected chi connectivity index (χ2v) is 6.51. The van der Waals surface area contributed by atoms with Gasteiger partial charge in [-0.05, 0) is 17.7 Å². The molecule has 1 heterocycles. The number of thioether (sulfide) groups is 1. The monoisotopic (exact) mass is 264 g/mol. The Morgan fingerprint density at radius 3 is 2.83 bits per heavy atom. The minimum atomic E-state index is 0.777. The number of rotatable bonds is 5. The highest BCUT2D eigenvalue weighted by molar-refractivity contribution is 7.99.